The first-order valence-corrected chi connectivity index (χ1v) is 8.36. The van der Waals surface area contributed by atoms with Crippen LogP contribution in [0.15, 0.2) is 36.7 Å². The Morgan fingerprint density at radius 1 is 1.31 bits per heavy atom. The number of halogens is 1. The number of fused-ring (bicyclic) bond motifs is 1. The van der Waals surface area contributed by atoms with Crippen molar-refractivity contribution in [1.29, 1.82) is 0 Å². The van der Waals surface area contributed by atoms with Crippen LogP contribution in [0.25, 0.3) is 22.0 Å². The first-order chi connectivity index (χ1) is 12.4. The summed E-state index contributed by atoms with van der Waals surface area (Å²) < 4.78 is 26.4. The van der Waals surface area contributed by atoms with Gasteiger partial charge in [-0.15, -0.1) is 0 Å². The molecule has 3 aromatic rings. The molecule has 0 bridgehead atoms. The van der Waals surface area contributed by atoms with Gasteiger partial charge >= 0.3 is 5.97 Å². The fraction of sp³-hybridized carbons (Fsp3) is 0.300. The summed E-state index contributed by atoms with van der Waals surface area (Å²) in [5.41, 5.74) is 2.34. The van der Waals surface area contributed by atoms with E-state index < -0.39 is 11.8 Å². The molecule has 26 heavy (non-hydrogen) atoms. The highest BCUT2D eigenvalue weighted by molar-refractivity contribution is 6.00. The Bertz CT molecular complexity index is 946. The lowest BCUT2D eigenvalue weighted by atomic mass is 10.0. The minimum absolute atomic E-state index is 0.0803. The molecule has 136 valence electrons. The van der Waals surface area contributed by atoms with Gasteiger partial charge in [-0.25, -0.2) is 14.2 Å². The second-order valence-corrected chi connectivity index (χ2v) is 6.58. The normalized spacial score (nSPS) is 11.2. The number of aryl methyl sites for hydroxylation is 1. The largest absolute Gasteiger partial charge is 0.477 e. The molecule has 5 nitrogen and oxygen atoms in total. The number of benzene rings is 1. The molecule has 0 unspecified atom stereocenters. The molecule has 0 amide bonds. The lowest BCUT2D eigenvalue weighted by Gasteiger charge is -2.08. The van der Waals surface area contributed by atoms with Gasteiger partial charge in [0.15, 0.2) is 0 Å². The van der Waals surface area contributed by atoms with E-state index in [1.54, 1.807) is 12.3 Å². The number of nitrogens with zero attached hydrogens (tertiary/aromatic N) is 2. The van der Waals surface area contributed by atoms with E-state index in [2.05, 4.69) is 23.6 Å². The van der Waals surface area contributed by atoms with E-state index in [0.29, 0.717) is 23.8 Å². The van der Waals surface area contributed by atoms with Crippen LogP contribution >= 0.6 is 0 Å². The zero-order valence-corrected chi connectivity index (χ0v) is 15.2. The number of carbonyl (C=O) groups excluding carboxylic acids is 1. The second kappa shape index (κ2) is 7.15. The first-order valence-electron chi connectivity index (χ1n) is 8.36. The lowest BCUT2D eigenvalue weighted by molar-refractivity contribution is 0.0595. The maximum absolute atomic E-state index is 14.4. The first kappa shape index (κ1) is 17.9. The standard InChI is InChI=1S/C20H21FN2O3/c1-12(2)11-26-19-6-5-13(9-22-19)16-10-23(3)18-8-15(20(24)25-4)17(21)7-14(16)18/h5-10,12H,11H2,1-4H3. The van der Waals surface area contributed by atoms with Gasteiger partial charge in [-0.05, 0) is 24.1 Å². The molecule has 0 saturated heterocycles. The van der Waals surface area contributed by atoms with Crippen LogP contribution in [0, 0.1) is 11.7 Å². The summed E-state index contributed by atoms with van der Waals surface area (Å²) in [6.07, 6.45) is 3.59. The Kier molecular flexibility index (Phi) is 4.93. The van der Waals surface area contributed by atoms with Crippen molar-refractivity contribution in [3.63, 3.8) is 0 Å². The number of ether oxygens (including phenoxy) is 2. The van der Waals surface area contributed by atoms with Crippen molar-refractivity contribution < 1.29 is 18.7 Å². The molecule has 0 N–H and O–H groups in total. The molecule has 6 heteroatoms. The summed E-state index contributed by atoms with van der Waals surface area (Å²) in [5.74, 6) is -0.328. The summed E-state index contributed by atoms with van der Waals surface area (Å²) >= 11 is 0. The highest BCUT2D eigenvalue weighted by atomic mass is 19.1. The predicted octanol–water partition coefficient (Wildman–Crippen LogP) is 4.20. The maximum Gasteiger partial charge on any atom is 0.340 e. The van der Waals surface area contributed by atoms with Gasteiger partial charge in [0, 0.05) is 47.5 Å². The average Bonchev–Trinajstić information content (AvgIpc) is 2.94. The van der Waals surface area contributed by atoms with Gasteiger partial charge in [0.05, 0.1) is 19.3 Å². The van der Waals surface area contributed by atoms with E-state index in [0.717, 1.165) is 16.6 Å². The molecule has 0 saturated carbocycles. The Balaban J connectivity index is 2.00. The van der Waals surface area contributed by atoms with Crippen molar-refractivity contribution in [3.8, 4) is 17.0 Å². The van der Waals surface area contributed by atoms with Crippen LogP contribution in [0.5, 0.6) is 5.88 Å². The van der Waals surface area contributed by atoms with Crippen molar-refractivity contribution in [2.75, 3.05) is 13.7 Å². The number of pyridine rings is 1. The number of hydrogen-bond donors (Lipinski definition) is 0. The number of esters is 1. The molecule has 1 aromatic carbocycles. The number of carbonyl (C=O) groups is 1. The highest BCUT2D eigenvalue weighted by Crippen LogP contribution is 2.32. The van der Waals surface area contributed by atoms with E-state index in [9.17, 15) is 9.18 Å². The zero-order valence-electron chi connectivity index (χ0n) is 15.2. The number of rotatable bonds is 5. The van der Waals surface area contributed by atoms with Gasteiger partial charge in [-0.3, -0.25) is 0 Å². The minimum atomic E-state index is -0.694. The van der Waals surface area contributed by atoms with Crippen molar-refractivity contribution >= 4 is 16.9 Å². The van der Waals surface area contributed by atoms with E-state index in [1.807, 2.05) is 23.9 Å². The molecule has 0 radical (unpaired) electrons. The quantitative estimate of drug-likeness (QED) is 0.643. The third-order valence-electron chi connectivity index (χ3n) is 4.10. The number of methoxy groups -OCH3 is 1. The smallest absolute Gasteiger partial charge is 0.340 e. The fourth-order valence-electron chi connectivity index (χ4n) is 2.78. The maximum atomic E-state index is 14.4. The predicted molar refractivity (Wildman–Crippen MR) is 97.8 cm³/mol. The number of hydrogen-bond acceptors (Lipinski definition) is 4. The summed E-state index contributed by atoms with van der Waals surface area (Å²) in [5, 5.41) is 0.704. The number of aromatic nitrogens is 2. The minimum Gasteiger partial charge on any atom is -0.477 e. The Morgan fingerprint density at radius 2 is 2.08 bits per heavy atom. The molecular formula is C20H21FN2O3. The van der Waals surface area contributed by atoms with Gasteiger partial charge < -0.3 is 14.0 Å². The van der Waals surface area contributed by atoms with Crippen molar-refractivity contribution in [2.24, 2.45) is 13.0 Å². The van der Waals surface area contributed by atoms with Crippen LogP contribution in [0.3, 0.4) is 0 Å². The summed E-state index contributed by atoms with van der Waals surface area (Å²) in [6.45, 7) is 4.74. The molecule has 0 spiro atoms. The van der Waals surface area contributed by atoms with Crippen molar-refractivity contribution in [3.05, 3.63) is 48.0 Å². The molecule has 0 fully saturated rings. The Labute approximate surface area is 151 Å². The Hall–Kier alpha value is -2.89. The SMILES string of the molecule is COC(=O)c1cc2c(cc1F)c(-c1ccc(OCC(C)C)nc1)cn2C. The molecule has 2 heterocycles. The van der Waals surface area contributed by atoms with Gasteiger partial charge in [0.1, 0.15) is 5.82 Å². The van der Waals surface area contributed by atoms with Gasteiger partial charge in [-0.1, -0.05) is 13.8 Å². The highest BCUT2D eigenvalue weighted by Gasteiger charge is 2.17. The summed E-state index contributed by atoms with van der Waals surface area (Å²) in [7, 11) is 3.08. The summed E-state index contributed by atoms with van der Waals surface area (Å²) in [4.78, 5) is 16.0. The van der Waals surface area contributed by atoms with Crippen LogP contribution in [-0.4, -0.2) is 29.2 Å². The van der Waals surface area contributed by atoms with E-state index >= 15 is 0 Å². The molecular weight excluding hydrogens is 335 g/mol. The molecule has 0 atom stereocenters. The molecule has 3 rings (SSSR count). The van der Waals surface area contributed by atoms with E-state index in [4.69, 9.17) is 4.74 Å². The van der Waals surface area contributed by atoms with Crippen LogP contribution in [0.4, 0.5) is 4.39 Å². The van der Waals surface area contributed by atoms with Crippen molar-refractivity contribution in [1.82, 2.24) is 9.55 Å². The van der Waals surface area contributed by atoms with Gasteiger partial charge in [0.2, 0.25) is 5.88 Å². The third kappa shape index (κ3) is 3.40. The monoisotopic (exact) mass is 356 g/mol. The molecule has 0 aliphatic heterocycles. The molecule has 0 aliphatic rings. The molecule has 2 aromatic heterocycles. The summed E-state index contributed by atoms with van der Waals surface area (Å²) in [6, 6.07) is 6.56. The van der Waals surface area contributed by atoms with Crippen LogP contribution in [0.1, 0.15) is 24.2 Å². The van der Waals surface area contributed by atoms with Crippen molar-refractivity contribution in [2.45, 2.75) is 13.8 Å². The van der Waals surface area contributed by atoms with Crippen LogP contribution < -0.4 is 4.74 Å². The second-order valence-electron chi connectivity index (χ2n) is 6.58. The Morgan fingerprint density at radius 3 is 2.69 bits per heavy atom. The third-order valence-corrected chi connectivity index (χ3v) is 4.10. The van der Waals surface area contributed by atoms with Gasteiger partial charge in [0.25, 0.3) is 0 Å². The topological polar surface area (TPSA) is 53.4 Å². The lowest BCUT2D eigenvalue weighted by Crippen LogP contribution is -2.05. The average molecular weight is 356 g/mol. The zero-order chi connectivity index (χ0) is 18.8. The van der Waals surface area contributed by atoms with E-state index in [-0.39, 0.29) is 5.56 Å². The van der Waals surface area contributed by atoms with E-state index in [1.165, 1.54) is 19.2 Å². The van der Waals surface area contributed by atoms with Crippen LogP contribution in [0.2, 0.25) is 0 Å². The van der Waals surface area contributed by atoms with Gasteiger partial charge in [-0.2, -0.15) is 0 Å². The molecule has 0 aliphatic carbocycles. The fourth-order valence-corrected chi connectivity index (χ4v) is 2.78. The van der Waals surface area contributed by atoms with Crippen LogP contribution in [-0.2, 0) is 11.8 Å².